The zero-order valence-electron chi connectivity index (χ0n) is 7.29. The van der Waals surface area contributed by atoms with Gasteiger partial charge in [0.1, 0.15) is 5.78 Å². The standard InChI is InChI=1S/C9H10BrNOS/c1-2-8(12)6-13-9-4-3-7(10)5-11-9/h3-5H,2,6H2,1H3. The highest BCUT2D eigenvalue weighted by molar-refractivity contribution is 9.10. The van der Waals surface area contributed by atoms with E-state index in [1.807, 2.05) is 19.1 Å². The van der Waals surface area contributed by atoms with Gasteiger partial charge in [0.2, 0.25) is 0 Å². The number of hydrogen-bond acceptors (Lipinski definition) is 3. The summed E-state index contributed by atoms with van der Waals surface area (Å²) in [6.07, 6.45) is 2.34. The Bertz CT molecular complexity index is 286. The van der Waals surface area contributed by atoms with Gasteiger partial charge in [-0.15, -0.1) is 0 Å². The van der Waals surface area contributed by atoms with Crippen LogP contribution in [-0.4, -0.2) is 16.5 Å². The monoisotopic (exact) mass is 259 g/mol. The highest BCUT2D eigenvalue weighted by Gasteiger charge is 2.00. The van der Waals surface area contributed by atoms with Crippen molar-refractivity contribution in [1.29, 1.82) is 0 Å². The van der Waals surface area contributed by atoms with Gasteiger partial charge in [-0.1, -0.05) is 18.7 Å². The van der Waals surface area contributed by atoms with Crippen molar-refractivity contribution < 1.29 is 4.79 Å². The molecule has 0 saturated heterocycles. The van der Waals surface area contributed by atoms with Crippen LogP contribution in [0.1, 0.15) is 13.3 Å². The number of nitrogens with zero attached hydrogens (tertiary/aromatic N) is 1. The van der Waals surface area contributed by atoms with Gasteiger partial charge in [0, 0.05) is 17.1 Å². The van der Waals surface area contributed by atoms with Gasteiger partial charge in [-0.25, -0.2) is 4.98 Å². The molecule has 0 fully saturated rings. The van der Waals surface area contributed by atoms with Gasteiger partial charge in [-0.2, -0.15) is 0 Å². The van der Waals surface area contributed by atoms with E-state index in [-0.39, 0.29) is 5.78 Å². The van der Waals surface area contributed by atoms with Crippen LogP contribution in [0.4, 0.5) is 0 Å². The Balaban J connectivity index is 2.46. The van der Waals surface area contributed by atoms with Crippen LogP contribution in [0.25, 0.3) is 0 Å². The maximum Gasteiger partial charge on any atom is 0.142 e. The lowest BCUT2D eigenvalue weighted by Gasteiger charge is -1.98. The zero-order valence-corrected chi connectivity index (χ0v) is 9.69. The van der Waals surface area contributed by atoms with E-state index in [1.165, 1.54) is 11.8 Å². The van der Waals surface area contributed by atoms with E-state index in [1.54, 1.807) is 6.20 Å². The van der Waals surface area contributed by atoms with Crippen LogP contribution in [0.2, 0.25) is 0 Å². The Labute approximate surface area is 90.3 Å². The molecule has 0 spiro atoms. The summed E-state index contributed by atoms with van der Waals surface area (Å²) in [4.78, 5) is 15.1. The molecule has 0 atom stereocenters. The molecule has 70 valence electrons. The second kappa shape index (κ2) is 5.40. The van der Waals surface area contributed by atoms with Crippen LogP contribution < -0.4 is 0 Å². The van der Waals surface area contributed by atoms with E-state index in [4.69, 9.17) is 0 Å². The van der Waals surface area contributed by atoms with Crippen LogP contribution in [-0.2, 0) is 4.79 Å². The van der Waals surface area contributed by atoms with E-state index in [0.717, 1.165) is 9.50 Å². The number of halogens is 1. The third kappa shape index (κ3) is 3.91. The third-order valence-electron chi connectivity index (χ3n) is 1.48. The molecule has 4 heteroatoms. The van der Waals surface area contributed by atoms with Crippen LogP contribution in [0.3, 0.4) is 0 Å². The summed E-state index contributed by atoms with van der Waals surface area (Å²) in [6, 6.07) is 3.82. The molecule has 0 unspecified atom stereocenters. The van der Waals surface area contributed by atoms with Gasteiger partial charge in [0.15, 0.2) is 0 Å². The fourth-order valence-electron chi connectivity index (χ4n) is 0.704. The van der Waals surface area contributed by atoms with Crippen molar-refractivity contribution in [2.24, 2.45) is 0 Å². The van der Waals surface area contributed by atoms with Gasteiger partial charge < -0.3 is 0 Å². The number of Topliss-reactive ketones (excluding diaryl/α,β-unsaturated/α-hetero) is 1. The summed E-state index contributed by atoms with van der Waals surface area (Å²) in [5, 5.41) is 0.894. The van der Waals surface area contributed by atoms with Gasteiger partial charge >= 0.3 is 0 Å². The molecule has 0 aliphatic carbocycles. The summed E-state index contributed by atoms with van der Waals surface area (Å²) in [5.74, 6) is 0.778. The number of hydrogen-bond donors (Lipinski definition) is 0. The fraction of sp³-hybridized carbons (Fsp3) is 0.333. The quantitative estimate of drug-likeness (QED) is 0.779. The van der Waals surface area contributed by atoms with E-state index in [0.29, 0.717) is 12.2 Å². The SMILES string of the molecule is CCC(=O)CSc1ccc(Br)cn1. The topological polar surface area (TPSA) is 30.0 Å². The Morgan fingerprint density at radius 1 is 1.62 bits per heavy atom. The second-order valence-corrected chi connectivity index (χ2v) is 4.41. The Kier molecular flexibility index (Phi) is 4.45. The lowest BCUT2D eigenvalue weighted by atomic mass is 10.4. The minimum absolute atomic E-state index is 0.259. The Morgan fingerprint density at radius 2 is 2.38 bits per heavy atom. The number of carbonyl (C=O) groups is 1. The molecule has 0 saturated carbocycles. The van der Waals surface area contributed by atoms with Crippen LogP contribution >= 0.6 is 27.7 Å². The summed E-state index contributed by atoms with van der Waals surface area (Å²) in [6.45, 7) is 1.87. The van der Waals surface area contributed by atoms with Crippen molar-refractivity contribution in [2.75, 3.05) is 5.75 Å². The predicted molar refractivity (Wildman–Crippen MR) is 58.0 cm³/mol. The average molecular weight is 260 g/mol. The smallest absolute Gasteiger partial charge is 0.142 e. The highest BCUT2D eigenvalue weighted by atomic mass is 79.9. The molecule has 0 N–H and O–H groups in total. The lowest BCUT2D eigenvalue weighted by molar-refractivity contribution is -0.116. The average Bonchev–Trinajstić information content (AvgIpc) is 2.16. The van der Waals surface area contributed by atoms with Gasteiger partial charge in [0.25, 0.3) is 0 Å². The number of rotatable bonds is 4. The molecule has 1 aromatic rings. The number of carbonyl (C=O) groups excluding carboxylic acids is 1. The van der Waals surface area contributed by atoms with E-state index >= 15 is 0 Å². The first-order chi connectivity index (χ1) is 6.22. The molecular formula is C9H10BrNOS. The molecule has 13 heavy (non-hydrogen) atoms. The summed E-state index contributed by atoms with van der Waals surface area (Å²) >= 11 is 4.78. The maximum atomic E-state index is 11.0. The normalized spacial score (nSPS) is 10.0. The van der Waals surface area contributed by atoms with Crippen molar-refractivity contribution in [1.82, 2.24) is 4.98 Å². The lowest BCUT2D eigenvalue weighted by Crippen LogP contribution is -1.98. The highest BCUT2D eigenvalue weighted by Crippen LogP contribution is 2.17. The number of pyridine rings is 1. The molecule has 0 amide bonds. The van der Waals surface area contributed by atoms with E-state index in [2.05, 4.69) is 20.9 Å². The van der Waals surface area contributed by atoms with E-state index < -0.39 is 0 Å². The molecule has 1 rings (SSSR count). The minimum Gasteiger partial charge on any atom is -0.299 e. The number of thioether (sulfide) groups is 1. The Morgan fingerprint density at radius 3 is 2.92 bits per heavy atom. The molecule has 0 aliphatic rings. The molecule has 0 radical (unpaired) electrons. The third-order valence-corrected chi connectivity index (χ3v) is 2.95. The molecular weight excluding hydrogens is 250 g/mol. The predicted octanol–water partition coefficient (Wildman–Crippen LogP) is 2.92. The largest absolute Gasteiger partial charge is 0.299 e. The first-order valence-corrected chi connectivity index (χ1v) is 5.76. The molecule has 2 nitrogen and oxygen atoms in total. The molecule has 1 aromatic heterocycles. The van der Waals surface area contributed by atoms with Crippen LogP contribution in [0.5, 0.6) is 0 Å². The molecule has 0 aliphatic heterocycles. The zero-order chi connectivity index (χ0) is 9.68. The van der Waals surface area contributed by atoms with E-state index in [9.17, 15) is 4.79 Å². The van der Waals surface area contributed by atoms with Crippen LogP contribution in [0.15, 0.2) is 27.8 Å². The minimum atomic E-state index is 0.259. The molecule has 0 bridgehead atoms. The summed E-state index contributed by atoms with van der Waals surface area (Å²) in [5.41, 5.74) is 0. The van der Waals surface area contributed by atoms with Crippen molar-refractivity contribution >= 4 is 33.5 Å². The van der Waals surface area contributed by atoms with Gasteiger partial charge in [0.05, 0.1) is 10.8 Å². The first-order valence-electron chi connectivity index (χ1n) is 3.98. The number of aromatic nitrogens is 1. The van der Waals surface area contributed by atoms with Crippen molar-refractivity contribution in [3.8, 4) is 0 Å². The van der Waals surface area contributed by atoms with Gasteiger partial charge in [-0.05, 0) is 28.1 Å². The first kappa shape index (κ1) is 10.7. The van der Waals surface area contributed by atoms with Crippen molar-refractivity contribution in [2.45, 2.75) is 18.4 Å². The maximum absolute atomic E-state index is 11.0. The molecule has 1 heterocycles. The van der Waals surface area contributed by atoms with Crippen LogP contribution in [0, 0.1) is 0 Å². The number of ketones is 1. The second-order valence-electron chi connectivity index (χ2n) is 2.50. The van der Waals surface area contributed by atoms with Crippen molar-refractivity contribution in [3.05, 3.63) is 22.8 Å². The summed E-state index contributed by atoms with van der Waals surface area (Å²) in [7, 11) is 0. The summed E-state index contributed by atoms with van der Waals surface area (Å²) < 4.78 is 0.957. The fourth-order valence-corrected chi connectivity index (χ4v) is 1.74. The molecule has 0 aromatic carbocycles. The van der Waals surface area contributed by atoms with Crippen molar-refractivity contribution in [3.63, 3.8) is 0 Å². The van der Waals surface area contributed by atoms with Gasteiger partial charge in [-0.3, -0.25) is 4.79 Å². The Hall–Kier alpha value is -0.350.